The van der Waals surface area contributed by atoms with Crippen LogP contribution in [-0.2, 0) is 22.0 Å². The highest BCUT2D eigenvalue weighted by Gasteiger charge is 2.27. The van der Waals surface area contributed by atoms with E-state index >= 15 is 0 Å². The monoisotopic (exact) mass is 426 g/mol. The number of amides is 1. The number of nitrogens with zero attached hydrogens (tertiary/aromatic N) is 1. The zero-order valence-electron chi connectivity index (χ0n) is 19.8. The lowest BCUT2D eigenvalue weighted by Gasteiger charge is -2.22. The van der Waals surface area contributed by atoms with Crippen LogP contribution in [0.5, 0.6) is 0 Å². The topological polar surface area (TPSA) is 77.4 Å². The Kier molecular flexibility index (Phi) is 7.47. The number of hydrogen-bond acceptors (Lipinski definition) is 4. The molecule has 0 spiro atoms. The Morgan fingerprint density at radius 3 is 2.10 bits per heavy atom. The second-order valence-corrected chi connectivity index (χ2v) is 9.40. The highest BCUT2D eigenvalue weighted by Crippen LogP contribution is 2.22. The molecule has 1 atom stereocenters. The lowest BCUT2D eigenvalue weighted by atomic mass is 9.86. The van der Waals surface area contributed by atoms with Crippen molar-refractivity contribution in [2.75, 3.05) is 6.61 Å². The number of esters is 1. The molecule has 0 bridgehead atoms. The summed E-state index contributed by atoms with van der Waals surface area (Å²) in [7, 11) is 1.88. The molecule has 1 aromatic heterocycles. The van der Waals surface area contributed by atoms with Crippen LogP contribution in [0.25, 0.3) is 0 Å². The zero-order valence-corrected chi connectivity index (χ0v) is 19.8. The largest absolute Gasteiger partial charge is 0.456 e. The fourth-order valence-corrected chi connectivity index (χ4v) is 3.29. The van der Waals surface area contributed by atoms with Crippen molar-refractivity contribution in [3.8, 4) is 0 Å². The van der Waals surface area contributed by atoms with Gasteiger partial charge in [-0.3, -0.25) is 9.59 Å². The summed E-state index contributed by atoms with van der Waals surface area (Å²) in [6.07, 6.45) is 0. The number of aryl methyl sites for hydroxylation is 1. The molecular formula is C25H34N2O4. The smallest absolute Gasteiger partial charge is 0.329 e. The van der Waals surface area contributed by atoms with Gasteiger partial charge in [-0.2, -0.15) is 0 Å². The van der Waals surface area contributed by atoms with Crippen LogP contribution in [0.15, 0.2) is 30.3 Å². The van der Waals surface area contributed by atoms with Crippen molar-refractivity contribution >= 4 is 17.7 Å². The van der Waals surface area contributed by atoms with Crippen LogP contribution in [-0.4, -0.2) is 34.9 Å². The number of nitrogens with one attached hydrogen (secondary N) is 1. The molecule has 1 N–H and O–H groups in total. The number of ether oxygens (including phenoxy) is 1. The molecule has 168 valence electrons. The van der Waals surface area contributed by atoms with E-state index in [9.17, 15) is 14.4 Å². The summed E-state index contributed by atoms with van der Waals surface area (Å²) < 4.78 is 7.19. The number of aromatic nitrogens is 1. The van der Waals surface area contributed by atoms with Crippen molar-refractivity contribution < 1.29 is 19.1 Å². The van der Waals surface area contributed by atoms with Crippen molar-refractivity contribution in [3.05, 3.63) is 58.4 Å². The Morgan fingerprint density at radius 1 is 1.06 bits per heavy atom. The van der Waals surface area contributed by atoms with Crippen LogP contribution in [0, 0.1) is 19.8 Å². The second kappa shape index (κ2) is 9.50. The number of rotatable bonds is 7. The predicted octanol–water partition coefficient (Wildman–Crippen LogP) is 4.12. The van der Waals surface area contributed by atoms with Crippen molar-refractivity contribution in [1.29, 1.82) is 0 Å². The van der Waals surface area contributed by atoms with Gasteiger partial charge in [-0.15, -0.1) is 0 Å². The minimum absolute atomic E-state index is 0.0124. The van der Waals surface area contributed by atoms with Gasteiger partial charge in [-0.1, -0.05) is 46.8 Å². The molecule has 31 heavy (non-hydrogen) atoms. The molecule has 2 rings (SSSR count). The molecular weight excluding hydrogens is 392 g/mol. The van der Waals surface area contributed by atoms with Crippen LogP contribution >= 0.6 is 0 Å². The standard InChI is InChI=1S/C25H34N2O4/c1-15(2)22(26-23(29)18-9-11-19(12-10-18)25(5,6)7)24(30)31-14-21(28)20-13-16(3)27(8)17(20)4/h9-13,15,22H,14H2,1-8H3,(H,26,29). The Bertz CT molecular complexity index is 963. The van der Waals surface area contributed by atoms with E-state index in [2.05, 4.69) is 26.1 Å². The lowest BCUT2D eigenvalue weighted by molar-refractivity contribution is -0.145. The molecule has 0 fully saturated rings. The van der Waals surface area contributed by atoms with Gasteiger partial charge in [0, 0.05) is 29.6 Å². The highest BCUT2D eigenvalue weighted by molar-refractivity contribution is 6.00. The van der Waals surface area contributed by atoms with Crippen molar-refractivity contribution in [1.82, 2.24) is 9.88 Å². The van der Waals surface area contributed by atoms with Crippen LogP contribution in [0.4, 0.5) is 0 Å². The van der Waals surface area contributed by atoms with E-state index in [0.29, 0.717) is 11.1 Å². The van der Waals surface area contributed by atoms with Gasteiger partial charge < -0.3 is 14.6 Å². The number of Topliss-reactive ketones (excluding diaryl/α,β-unsaturated/α-hetero) is 1. The van der Waals surface area contributed by atoms with Gasteiger partial charge in [-0.05, 0) is 48.9 Å². The van der Waals surface area contributed by atoms with Gasteiger partial charge in [0.15, 0.2) is 6.61 Å². The van der Waals surface area contributed by atoms with E-state index in [0.717, 1.165) is 17.0 Å². The SMILES string of the molecule is Cc1cc(C(=O)COC(=O)C(NC(=O)c2ccc(C(C)(C)C)cc2)C(C)C)c(C)n1C. The first-order valence-corrected chi connectivity index (χ1v) is 10.6. The van der Waals surface area contributed by atoms with Crippen molar-refractivity contribution in [3.63, 3.8) is 0 Å². The first-order valence-electron chi connectivity index (χ1n) is 10.6. The molecule has 0 radical (unpaired) electrons. The fraction of sp³-hybridized carbons (Fsp3) is 0.480. The maximum Gasteiger partial charge on any atom is 0.329 e. The van der Waals surface area contributed by atoms with Crippen LogP contribution in [0.1, 0.15) is 72.3 Å². The van der Waals surface area contributed by atoms with Gasteiger partial charge in [0.1, 0.15) is 6.04 Å². The third-order valence-corrected chi connectivity index (χ3v) is 5.64. The highest BCUT2D eigenvalue weighted by atomic mass is 16.5. The molecule has 1 unspecified atom stereocenters. The molecule has 2 aromatic rings. The minimum Gasteiger partial charge on any atom is -0.456 e. The maximum atomic E-state index is 12.7. The molecule has 0 saturated carbocycles. The van der Waals surface area contributed by atoms with Crippen LogP contribution in [0.2, 0.25) is 0 Å². The summed E-state index contributed by atoms with van der Waals surface area (Å²) in [6, 6.07) is 8.28. The van der Waals surface area contributed by atoms with Crippen molar-refractivity contribution in [2.45, 2.75) is 59.9 Å². The van der Waals surface area contributed by atoms with Gasteiger partial charge in [0.25, 0.3) is 5.91 Å². The predicted molar refractivity (Wildman–Crippen MR) is 121 cm³/mol. The summed E-state index contributed by atoms with van der Waals surface area (Å²) >= 11 is 0. The molecule has 0 aliphatic carbocycles. The van der Waals surface area contributed by atoms with Gasteiger partial charge >= 0.3 is 5.97 Å². The van der Waals surface area contributed by atoms with Crippen LogP contribution in [0.3, 0.4) is 0 Å². The third-order valence-electron chi connectivity index (χ3n) is 5.64. The fourth-order valence-electron chi connectivity index (χ4n) is 3.29. The summed E-state index contributed by atoms with van der Waals surface area (Å²) in [5.41, 5.74) is 3.90. The molecule has 1 aromatic carbocycles. The van der Waals surface area contributed by atoms with Gasteiger partial charge in [0.2, 0.25) is 5.78 Å². The average molecular weight is 427 g/mol. The molecule has 6 nitrogen and oxygen atoms in total. The normalized spacial score (nSPS) is 12.5. The Labute approximate surface area is 185 Å². The number of benzene rings is 1. The Balaban J connectivity index is 2.04. The first-order chi connectivity index (χ1) is 14.3. The van der Waals surface area contributed by atoms with E-state index in [1.54, 1.807) is 18.2 Å². The summed E-state index contributed by atoms with van der Waals surface area (Å²) in [6.45, 7) is 13.4. The first kappa shape index (κ1) is 24.4. The zero-order chi connectivity index (χ0) is 23.5. The number of hydrogen-bond donors (Lipinski definition) is 1. The van der Waals surface area contributed by atoms with E-state index in [1.807, 2.05) is 51.4 Å². The molecule has 1 amide bonds. The number of ketones is 1. The summed E-state index contributed by atoms with van der Waals surface area (Å²) in [5, 5.41) is 2.75. The minimum atomic E-state index is -0.846. The van der Waals surface area contributed by atoms with E-state index < -0.39 is 12.0 Å². The molecule has 6 heteroatoms. The lowest BCUT2D eigenvalue weighted by Crippen LogP contribution is -2.45. The van der Waals surface area contributed by atoms with Gasteiger partial charge in [0.05, 0.1) is 0 Å². The maximum absolute atomic E-state index is 12.7. The summed E-state index contributed by atoms with van der Waals surface area (Å²) in [5.74, 6) is -1.42. The van der Waals surface area contributed by atoms with E-state index in [4.69, 9.17) is 4.74 Å². The Morgan fingerprint density at radius 2 is 1.65 bits per heavy atom. The summed E-state index contributed by atoms with van der Waals surface area (Å²) in [4.78, 5) is 37.8. The van der Waals surface area contributed by atoms with E-state index in [-0.39, 0.29) is 29.6 Å². The number of carbonyl (C=O) groups excluding carboxylic acids is 3. The Hall–Kier alpha value is -2.89. The molecule has 1 heterocycles. The van der Waals surface area contributed by atoms with Crippen LogP contribution < -0.4 is 5.32 Å². The third kappa shape index (κ3) is 5.84. The molecule has 0 aliphatic rings. The van der Waals surface area contributed by atoms with E-state index in [1.165, 1.54) is 0 Å². The average Bonchev–Trinajstić information content (AvgIpc) is 2.96. The molecule has 0 saturated heterocycles. The quantitative estimate of drug-likeness (QED) is 0.534. The second-order valence-electron chi connectivity index (χ2n) is 9.40. The van der Waals surface area contributed by atoms with Crippen molar-refractivity contribution in [2.24, 2.45) is 13.0 Å². The molecule has 0 aliphatic heterocycles. The van der Waals surface area contributed by atoms with Gasteiger partial charge in [-0.25, -0.2) is 4.79 Å². The number of carbonyl (C=O) groups is 3.